The lowest BCUT2D eigenvalue weighted by Gasteiger charge is -2.29. The summed E-state index contributed by atoms with van der Waals surface area (Å²) in [6, 6.07) is 22.5. The molecule has 168 valence electrons. The molecule has 2 heterocycles. The van der Waals surface area contributed by atoms with Crippen molar-refractivity contribution in [3.8, 4) is 5.75 Å². The molecular weight excluding hydrogens is 416 g/mol. The number of hydroxylamine groups is 1. The Hall–Kier alpha value is -3.64. The minimum Gasteiger partial charge on any atom is -0.494 e. The van der Waals surface area contributed by atoms with Gasteiger partial charge < -0.3 is 4.74 Å². The van der Waals surface area contributed by atoms with Crippen LogP contribution in [0.5, 0.6) is 5.75 Å². The van der Waals surface area contributed by atoms with E-state index in [0.717, 1.165) is 28.1 Å². The third-order valence-electron chi connectivity index (χ3n) is 6.25. The maximum absolute atomic E-state index is 13.7. The summed E-state index contributed by atoms with van der Waals surface area (Å²) in [7, 11) is 0. The second-order valence-corrected chi connectivity index (χ2v) is 8.46. The molecule has 0 bridgehead atoms. The molecule has 0 aromatic heterocycles. The number of imide groups is 1. The van der Waals surface area contributed by atoms with Crippen LogP contribution in [-0.2, 0) is 14.4 Å². The van der Waals surface area contributed by atoms with Gasteiger partial charge in [-0.3, -0.25) is 14.4 Å². The van der Waals surface area contributed by atoms with Gasteiger partial charge in [-0.1, -0.05) is 48.0 Å². The Morgan fingerprint density at radius 2 is 1.64 bits per heavy atom. The zero-order valence-corrected chi connectivity index (χ0v) is 18.9. The van der Waals surface area contributed by atoms with Crippen LogP contribution in [0.25, 0.3) is 0 Å². The van der Waals surface area contributed by atoms with Crippen LogP contribution in [0.1, 0.15) is 29.7 Å². The monoisotopic (exact) mass is 442 g/mol. The highest BCUT2D eigenvalue weighted by Gasteiger charge is 2.60. The van der Waals surface area contributed by atoms with Crippen molar-refractivity contribution in [1.29, 1.82) is 0 Å². The number of rotatable bonds is 5. The molecule has 3 aromatic carbocycles. The molecule has 2 fully saturated rings. The van der Waals surface area contributed by atoms with Gasteiger partial charge in [-0.25, -0.2) is 9.96 Å². The third-order valence-corrected chi connectivity index (χ3v) is 6.25. The van der Waals surface area contributed by atoms with Crippen LogP contribution in [0.15, 0.2) is 72.8 Å². The fourth-order valence-corrected chi connectivity index (χ4v) is 4.77. The molecule has 0 radical (unpaired) electrons. The second-order valence-electron chi connectivity index (χ2n) is 8.46. The first-order valence-electron chi connectivity index (χ1n) is 11.2. The van der Waals surface area contributed by atoms with Gasteiger partial charge >= 0.3 is 0 Å². The van der Waals surface area contributed by atoms with E-state index in [-0.39, 0.29) is 11.8 Å². The van der Waals surface area contributed by atoms with Crippen LogP contribution >= 0.6 is 0 Å². The van der Waals surface area contributed by atoms with Crippen LogP contribution in [-0.4, -0.2) is 24.5 Å². The van der Waals surface area contributed by atoms with Gasteiger partial charge in [-0.2, -0.15) is 0 Å². The van der Waals surface area contributed by atoms with Gasteiger partial charge in [-0.15, -0.1) is 0 Å². The number of ether oxygens (including phenoxy) is 1. The number of anilines is 2. The molecule has 2 amide bonds. The van der Waals surface area contributed by atoms with Crippen molar-refractivity contribution in [3.63, 3.8) is 0 Å². The normalized spacial score (nSPS) is 22.1. The van der Waals surface area contributed by atoms with Gasteiger partial charge in [0.05, 0.1) is 24.0 Å². The van der Waals surface area contributed by atoms with Gasteiger partial charge in [-0.05, 0) is 62.2 Å². The van der Waals surface area contributed by atoms with Gasteiger partial charge in [0.15, 0.2) is 6.10 Å². The van der Waals surface area contributed by atoms with Crippen molar-refractivity contribution in [2.45, 2.75) is 32.9 Å². The van der Waals surface area contributed by atoms with E-state index in [1.807, 2.05) is 93.6 Å². The van der Waals surface area contributed by atoms with Gasteiger partial charge in [0.1, 0.15) is 11.7 Å². The predicted octanol–water partition coefficient (Wildman–Crippen LogP) is 4.75. The van der Waals surface area contributed by atoms with E-state index in [4.69, 9.17) is 9.57 Å². The van der Waals surface area contributed by atoms with Crippen LogP contribution in [0.2, 0.25) is 0 Å². The van der Waals surface area contributed by atoms with Crippen molar-refractivity contribution in [1.82, 2.24) is 0 Å². The lowest BCUT2D eigenvalue weighted by molar-refractivity contribution is -0.126. The van der Waals surface area contributed by atoms with Gasteiger partial charge in [0, 0.05) is 0 Å². The highest BCUT2D eigenvalue weighted by Crippen LogP contribution is 2.48. The summed E-state index contributed by atoms with van der Waals surface area (Å²) in [5, 5.41) is 1.71. The summed E-state index contributed by atoms with van der Waals surface area (Å²) >= 11 is 0. The predicted molar refractivity (Wildman–Crippen MR) is 126 cm³/mol. The van der Waals surface area contributed by atoms with Crippen molar-refractivity contribution in [2.75, 3.05) is 16.6 Å². The van der Waals surface area contributed by atoms with Crippen LogP contribution < -0.4 is 14.7 Å². The Morgan fingerprint density at radius 3 is 2.30 bits per heavy atom. The minimum absolute atomic E-state index is 0.241. The van der Waals surface area contributed by atoms with Crippen molar-refractivity contribution < 1.29 is 19.2 Å². The van der Waals surface area contributed by atoms with E-state index in [1.54, 1.807) is 5.06 Å². The van der Waals surface area contributed by atoms with E-state index >= 15 is 0 Å². The summed E-state index contributed by atoms with van der Waals surface area (Å²) in [6.07, 6.45) is -0.880. The van der Waals surface area contributed by atoms with E-state index < -0.39 is 18.1 Å². The largest absolute Gasteiger partial charge is 0.494 e. The zero-order valence-electron chi connectivity index (χ0n) is 18.9. The first-order valence-corrected chi connectivity index (χ1v) is 11.2. The summed E-state index contributed by atoms with van der Waals surface area (Å²) in [6.45, 7) is 6.41. The highest BCUT2D eigenvalue weighted by atomic mass is 16.7. The van der Waals surface area contributed by atoms with E-state index in [1.165, 1.54) is 4.90 Å². The summed E-state index contributed by atoms with van der Waals surface area (Å²) in [5.74, 6) is -0.467. The molecule has 0 saturated carbocycles. The summed E-state index contributed by atoms with van der Waals surface area (Å²) in [5.41, 5.74) is 4.26. The first kappa shape index (κ1) is 21.2. The zero-order chi connectivity index (χ0) is 23.1. The number of para-hydroxylation sites is 1. The summed E-state index contributed by atoms with van der Waals surface area (Å²) < 4.78 is 5.58. The molecule has 3 aromatic rings. The average Bonchev–Trinajstić information content (AvgIpc) is 3.32. The van der Waals surface area contributed by atoms with Crippen molar-refractivity contribution in [2.24, 2.45) is 5.92 Å². The Morgan fingerprint density at radius 1 is 0.909 bits per heavy atom. The van der Waals surface area contributed by atoms with E-state index in [9.17, 15) is 9.59 Å². The number of nitrogens with zero attached hydrogens (tertiary/aromatic N) is 2. The second kappa shape index (κ2) is 8.37. The summed E-state index contributed by atoms with van der Waals surface area (Å²) in [4.78, 5) is 34.7. The van der Waals surface area contributed by atoms with Gasteiger partial charge in [0.2, 0.25) is 5.91 Å². The smallest absolute Gasteiger partial charge is 0.266 e. The van der Waals surface area contributed by atoms with E-state index in [2.05, 4.69) is 0 Å². The highest BCUT2D eigenvalue weighted by molar-refractivity contribution is 6.24. The number of hydrogen-bond donors (Lipinski definition) is 0. The number of amides is 2. The Kier molecular flexibility index (Phi) is 5.38. The number of fused-ring (bicyclic) bond motifs is 1. The topological polar surface area (TPSA) is 59.1 Å². The van der Waals surface area contributed by atoms with Crippen LogP contribution in [0, 0.1) is 19.8 Å². The molecule has 0 N–H and O–H groups in total. The fourth-order valence-electron chi connectivity index (χ4n) is 4.77. The number of aryl methyl sites for hydroxylation is 2. The third kappa shape index (κ3) is 3.56. The quantitative estimate of drug-likeness (QED) is 0.534. The molecule has 2 aliphatic heterocycles. The number of hydrogen-bond acceptors (Lipinski definition) is 5. The standard InChI is InChI=1S/C27H26N2O4/c1-4-32-21-13-11-19(12-14-21)24-23-25(33-29(24)20-8-6-5-7-9-20)27(31)28(26(23)30)22-15-10-17(2)16-18(22)3/h5-16,23-25H,4H2,1-3H3/t23-,24+,25+/m0/s1. The molecule has 0 unspecified atom stereocenters. The molecule has 3 atom stereocenters. The maximum atomic E-state index is 13.7. The van der Waals surface area contributed by atoms with Crippen molar-refractivity contribution >= 4 is 23.2 Å². The average molecular weight is 443 g/mol. The Labute approximate surface area is 193 Å². The Balaban J connectivity index is 1.56. The van der Waals surface area contributed by atoms with Crippen molar-refractivity contribution in [3.05, 3.63) is 89.5 Å². The fraction of sp³-hybridized carbons (Fsp3) is 0.259. The van der Waals surface area contributed by atoms with E-state index in [0.29, 0.717) is 12.3 Å². The molecule has 2 saturated heterocycles. The van der Waals surface area contributed by atoms with Crippen LogP contribution in [0.4, 0.5) is 11.4 Å². The van der Waals surface area contributed by atoms with Crippen LogP contribution in [0.3, 0.4) is 0 Å². The molecule has 0 aliphatic carbocycles. The molecule has 6 heteroatoms. The first-order chi connectivity index (χ1) is 16.0. The molecular formula is C27H26N2O4. The molecule has 2 aliphatic rings. The molecule has 5 rings (SSSR count). The number of carbonyl (C=O) groups is 2. The number of carbonyl (C=O) groups excluding carboxylic acids is 2. The molecule has 0 spiro atoms. The lowest BCUT2D eigenvalue weighted by Crippen LogP contribution is -2.37. The minimum atomic E-state index is -0.880. The lowest BCUT2D eigenvalue weighted by atomic mass is 9.90. The SMILES string of the molecule is CCOc1ccc([C@@H]2[C@@H]3C(=O)N(c4ccc(C)cc4C)C(=O)[C@@H]3ON2c2ccccc2)cc1. The van der Waals surface area contributed by atoms with Gasteiger partial charge in [0.25, 0.3) is 5.91 Å². The molecule has 6 nitrogen and oxygen atoms in total. The Bertz CT molecular complexity index is 1190. The maximum Gasteiger partial charge on any atom is 0.266 e. The molecule has 33 heavy (non-hydrogen) atoms. The number of benzene rings is 3.